The Morgan fingerprint density at radius 2 is 2.00 bits per heavy atom. The summed E-state index contributed by atoms with van der Waals surface area (Å²) in [5.74, 6) is -1.46. The number of anilines is 1. The lowest BCUT2D eigenvalue weighted by molar-refractivity contribution is 0.0697. The lowest BCUT2D eigenvalue weighted by atomic mass is 10.1. The topological polar surface area (TPSA) is 69.6 Å². The van der Waals surface area contributed by atoms with E-state index in [2.05, 4.69) is 5.32 Å². The maximum absolute atomic E-state index is 13.0. The van der Waals surface area contributed by atoms with Crippen LogP contribution in [0.3, 0.4) is 0 Å². The average molecular weight is 261 g/mol. The molecular weight excluding hydrogens is 249 g/mol. The largest absolute Gasteiger partial charge is 0.508 e. The fourth-order valence-corrected chi connectivity index (χ4v) is 1.66. The zero-order chi connectivity index (χ0) is 13.8. The number of phenolic OH excluding ortho intramolecular Hbond substituents is 1. The third-order valence-corrected chi connectivity index (χ3v) is 2.63. The molecule has 5 heteroatoms. The molecule has 19 heavy (non-hydrogen) atoms. The molecule has 3 N–H and O–H groups in total. The Morgan fingerprint density at radius 3 is 2.74 bits per heavy atom. The molecule has 0 aliphatic heterocycles. The lowest BCUT2D eigenvalue weighted by Crippen LogP contribution is -2.02. The molecule has 4 nitrogen and oxygen atoms in total. The zero-order valence-electron chi connectivity index (χ0n) is 9.93. The molecule has 0 heterocycles. The van der Waals surface area contributed by atoms with Gasteiger partial charge in [0.15, 0.2) is 0 Å². The molecule has 0 amide bonds. The molecule has 0 fully saturated rings. The van der Waals surface area contributed by atoms with Gasteiger partial charge in [0.05, 0.1) is 5.56 Å². The maximum Gasteiger partial charge on any atom is 0.335 e. The first-order valence-corrected chi connectivity index (χ1v) is 5.61. The lowest BCUT2D eigenvalue weighted by Gasteiger charge is -2.09. The van der Waals surface area contributed by atoms with Gasteiger partial charge in [-0.2, -0.15) is 0 Å². The van der Waals surface area contributed by atoms with Crippen LogP contribution in [-0.2, 0) is 6.54 Å². The van der Waals surface area contributed by atoms with Crippen LogP contribution in [0, 0.1) is 5.82 Å². The van der Waals surface area contributed by atoms with Gasteiger partial charge in [-0.25, -0.2) is 9.18 Å². The molecule has 0 aliphatic carbocycles. The van der Waals surface area contributed by atoms with Crippen LogP contribution in [0.15, 0.2) is 42.5 Å². The van der Waals surface area contributed by atoms with E-state index in [9.17, 15) is 14.3 Å². The van der Waals surface area contributed by atoms with Crippen LogP contribution in [0.2, 0.25) is 0 Å². The van der Waals surface area contributed by atoms with Crippen molar-refractivity contribution in [1.82, 2.24) is 0 Å². The van der Waals surface area contributed by atoms with Crippen molar-refractivity contribution in [3.63, 3.8) is 0 Å². The summed E-state index contributed by atoms with van der Waals surface area (Å²) in [7, 11) is 0. The Labute approximate surface area is 109 Å². The molecule has 0 unspecified atom stereocenters. The minimum atomic E-state index is -1.02. The van der Waals surface area contributed by atoms with Gasteiger partial charge >= 0.3 is 5.97 Å². The molecule has 2 rings (SSSR count). The fraction of sp³-hybridized carbons (Fsp3) is 0.0714. The standard InChI is InChI=1S/C14H12FNO3/c15-11-4-5-13(17)10(6-11)8-16-12-3-1-2-9(7-12)14(18)19/h1-7,16-17H,8H2,(H,18,19). The van der Waals surface area contributed by atoms with E-state index >= 15 is 0 Å². The van der Waals surface area contributed by atoms with Crippen LogP contribution in [0.4, 0.5) is 10.1 Å². The molecule has 98 valence electrons. The first kappa shape index (κ1) is 12.9. The summed E-state index contributed by atoms with van der Waals surface area (Å²) in [5.41, 5.74) is 1.15. The smallest absolute Gasteiger partial charge is 0.335 e. The molecule has 0 bridgehead atoms. The van der Waals surface area contributed by atoms with E-state index in [4.69, 9.17) is 5.11 Å². The van der Waals surface area contributed by atoms with Crippen LogP contribution in [-0.4, -0.2) is 16.2 Å². The van der Waals surface area contributed by atoms with Crippen LogP contribution in [0.1, 0.15) is 15.9 Å². The van der Waals surface area contributed by atoms with Gasteiger partial charge in [0.1, 0.15) is 11.6 Å². The number of halogens is 1. The number of hydrogen-bond donors (Lipinski definition) is 3. The number of aromatic hydroxyl groups is 1. The second-order valence-corrected chi connectivity index (χ2v) is 4.01. The number of carbonyl (C=O) groups is 1. The van der Waals surface area contributed by atoms with E-state index in [-0.39, 0.29) is 17.9 Å². The summed E-state index contributed by atoms with van der Waals surface area (Å²) < 4.78 is 13.0. The van der Waals surface area contributed by atoms with E-state index in [1.54, 1.807) is 12.1 Å². The van der Waals surface area contributed by atoms with E-state index in [1.165, 1.54) is 30.3 Å². The summed E-state index contributed by atoms with van der Waals surface area (Å²) in [6, 6.07) is 9.93. The van der Waals surface area contributed by atoms with Crippen molar-refractivity contribution in [2.24, 2.45) is 0 Å². The second-order valence-electron chi connectivity index (χ2n) is 4.01. The van der Waals surface area contributed by atoms with Crippen molar-refractivity contribution in [1.29, 1.82) is 0 Å². The molecule has 0 radical (unpaired) electrons. The molecule has 0 aromatic heterocycles. The quantitative estimate of drug-likeness (QED) is 0.791. The fourth-order valence-electron chi connectivity index (χ4n) is 1.66. The first-order valence-electron chi connectivity index (χ1n) is 5.61. The number of carboxylic acid groups (broad SMARTS) is 1. The summed E-state index contributed by atoms with van der Waals surface area (Å²) in [5, 5.41) is 21.3. The van der Waals surface area contributed by atoms with Crippen molar-refractivity contribution >= 4 is 11.7 Å². The molecule has 2 aromatic rings. The van der Waals surface area contributed by atoms with Gasteiger partial charge in [0, 0.05) is 17.8 Å². The summed E-state index contributed by atoms with van der Waals surface area (Å²) in [6.45, 7) is 0.201. The highest BCUT2D eigenvalue weighted by molar-refractivity contribution is 5.88. The first-order chi connectivity index (χ1) is 9.06. The van der Waals surface area contributed by atoms with Crippen LogP contribution in [0.5, 0.6) is 5.75 Å². The van der Waals surface area contributed by atoms with Crippen LogP contribution >= 0.6 is 0 Å². The number of aromatic carboxylic acids is 1. The SMILES string of the molecule is O=C(O)c1cccc(NCc2cc(F)ccc2O)c1. The Balaban J connectivity index is 2.12. The summed E-state index contributed by atoms with van der Waals surface area (Å²) >= 11 is 0. The van der Waals surface area contributed by atoms with Gasteiger partial charge in [-0.1, -0.05) is 6.07 Å². The highest BCUT2D eigenvalue weighted by Crippen LogP contribution is 2.19. The van der Waals surface area contributed by atoms with E-state index in [0.717, 1.165) is 0 Å². The third-order valence-electron chi connectivity index (χ3n) is 2.63. The number of carboxylic acids is 1. The molecule has 0 saturated carbocycles. The van der Waals surface area contributed by atoms with E-state index < -0.39 is 11.8 Å². The normalized spacial score (nSPS) is 10.2. The Bertz CT molecular complexity index is 613. The molecule has 2 aromatic carbocycles. The maximum atomic E-state index is 13.0. The summed E-state index contributed by atoms with van der Waals surface area (Å²) in [6.07, 6.45) is 0. The average Bonchev–Trinajstić information content (AvgIpc) is 2.40. The molecule has 0 saturated heterocycles. The molecule has 0 aliphatic rings. The van der Waals surface area contributed by atoms with Crippen molar-refractivity contribution < 1.29 is 19.4 Å². The molecule has 0 atom stereocenters. The van der Waals surface area contributed by atoms with Crippen LogP contribution in [0.25, 0.3) is 0 Å². The van der Waals surface area contributed by atoms with Gasteiger partial charge in [-0.05, 0) is 36.4 Å². The number of rotatable bonds is 4. The van der Waals surface area contributed by atoms with Gasteiger partial charge in [0.2, 0.25) is 0 Å². The third kappa shape index (κ3) is 3.22. The Kier molecular flexibility index (Phi) is 3.66. The number of phenols is 1. The minimum absolute atomic E-state index is 0.0108. The summed E-state index contributed by atoms with van der Waals surface area (Å²) in [4.78, 5) is 10.8. The Hall–Kier alpha value is -2.56. The minimum Gasteiger partial charge on any atom is -0.508 e. The number of nitrogens with one attached hydrogen (secondary N) is 1. The van der Waals surface area contributed by atoms with Crippen molar-refractivity contribution in [3.05, 3.63) is 59.4 Å². The van der Waals surface area contributed by atoms with Gasteiger partial charge in [-0.15, -0.1) is 0 Å². The predicted octanol–water partition coefficient (Wildman–Crippen LogP) is 2.84. The second kappa shape index (κ2) is 5.39. The van der Waals surface area contributed by atoms with Gasteiger partial charge in [-0.3, -0.25) is 0 Å². The van der Waals surface area contributed by atoms with Crippen molar-refractivity contribution in [2.75, 3.05) is 5.32 Å². The van der Waals surface area contributed by atoms with E-state index in [1.807, 2.05) is 0 Å². The number of hydrogen-bond acceptors (Lipinski definition) is 3. The zero-order valence-corrected chi connectivity index (χ0v) is 9.93. The van der Waals surface area contributed by atoms with Crippen molar-refractivity contribution in [2.45, 2.75) is 6.54 Å². The van der Waals surface area contributed by atoms with Crippen LogP contribution < -0.4 is 5.32 Å². The van der Waals surface area contributed by atoms with E-state index in [0.29, 0.717) is 11.3 Å². The highest BCUT2D eigenvalue weighted by atomic mass is 19.1. The molecular formula is C14H12FNO3. The molecule has 0 spiro atoms. The highest BCUT2D eigenvalue weighted by Gasteiger charge is 2.05. The number of benzene rings is 2. The van der Waals surface area contributed by atoms with Gasteiger partial charge in [0.25, 0.3) is 0 Å². The predicted molar refractivity (Wildman–Crippen MR) is 68.8 cm³/mol. The monoisotopic (exact) mass is 261 g/mol. The van der Waals surface area contributed by atoms with Gasteiger partial charge < -0.3 is 15.5 Å². The Morgan fingerprint density at radius 1 is 1.21 bits per heavy atom. The van der Waals surface area contributed by atoms with Crippen molar-refractivity contribution in [3.8, 4) is 5.75 Å².